The molecular weight excluding hydrogens is 249 g/mol. The molecule has 0 aliphatic heterocycles. The van der Waals surface area contributed by atoms with Gasteiger partial charge in [0.05, 0.1) is 0 Å². The van der Waals surface area contributed by atoms with Gasteiger partial charge < -0.3 is 5.32 Å². The van der Waals surface area contributed by atoms with Crippen LogP contribution in [0.5, 0.6) is 0 Å². The van der Waals surface area contributed by atoms with Crippen molar-refractivity contribution in [1.29, 1.82) is 0 Å². The molecule has 2 aromatic rings. The average Bonchev–Trinajstić information content (AvgIpc) is 3.08. The van der Waals surface area contributed by atoms with Gasteiger partial charge in [-0.25, -0.2) is 4.39 Å². The molecule has 0 amide bonds. The van der Waals surface area contributed by atoms with E-state index in [9.17, 15) is 4.39 Å². The van der Waals surface area contributed by atoms with Gasteiger partial charge in [-0.3, -0.25) is 0 Å². The lowest BCUT2D eigenvalue weighted by atomic mass is 10.1. The Kier molecular flexibility index (Phi) is 3.09. The summed E-state index contributed by atoms with van der Waals surface area (Å²) in [7, 11) is 0. The molecule has 1 fully saturated rings. The molecule has 5 heteroatoms. The molecule has 0 unspecified atom stereocenters. The highest BCUT2D eigenvalue weighted by Crippen LogP contribution is 2.28. The molecule has 18 heavy (non-hydrogen) atoms. The third-order valence-electron chi connectivity index (χ3n) is 3.01. The predicted octanol–water partition coefficient (Wildman–Crippen LogP) is 2.90. The molecule has 3 nitrogen and oxygen atoms in total. The molecule has 1 heterocycles. The first kappa shape index (κ1) is 11.7. The van der Waals surface area contributed by atoms with Crippen LogP contribution < -0.4 is 5.32 Å². The summed E-state index contributed by atoms with van der Waals surface area (Å²) in [4.78, 5) is 0. The van der Waals surface area contributed by atoms with Crippen molar-refractivity contribution in [1.82, 2.24) is 15.5 Å². The zero-order chi connectivity index (χ0) is 12.5. The van der Waals surface area contributed by atoms with E-state index in [-0.39, 0.29) is 5.82 Å². The lowest BCUT2D eigenvalue weighted by Crippen LogP contribution is -2.14. The van der Waals surface area contributed by atoms with E-state index in [1.165, 1.54) is 24.2 Å². The van der Waals surface area contributed by atoms with Gasteiger partial charge in [0.2, 0.25) is 0 Å². The fourth-order valence-corrected chi connectivity index (χ4v) is 2.58. The van der Waals surface area contributed by atoms with Crippen molar-refractivity contribution in [3.8, 4) is 10.6 Å². The first-order chi connectivity index (χ1) is 8.74. The van der Waals surface area contributed by atoms with Gasteiger partial charge in [-0.05, 0) is 31.4 Å². The first-order valence-corrected chi connectivity index (χ1v) is 6.87. The summed E-state index contributed by atoms with van der Waals surface area (Å²) >= 11 is 1.45. The van der Waals surface area contributed by atoms with Crippen LogP contribution in [0.3, 0.4) is 0 Å². The number of halogens is 1. The Balaban J connectivity index is 1.80. The summed E-state index contributed by atoms with van der Waals surface area (Å²) in [5, 5.41) is 13.1. The van der Waals surface area contributed by atoms with Gasteiger partial charge in [-0.2, -0.15) is 0 Å². The van der Waals surface area contributed by atoms with Crippen molar-refractivity contribution in [2.75, 3.05) is 0 Å². The summed E-state index contributed by atoms with van der Waals surface area (Å²) in [6, 6.07) is 6.00. The Bertz CT molecular complexity index is 563. The quantitative estimate of drug-likeness (QED) is 0.921. The predicted molar refractivity (Wildman–Crippen MR) is 69.9 cm³/mol. The molecule has 94 valence electrons. The van der Waals surface area contributed by atoms with Crippen LogP contribution in [0.2, 0.25) is 0 Å². The average molecular weight is 263 g/mol. The number of aryl methyl sites for hydroxylation is 1. The standard InChI is InChI=1S/C13H14FN3S/c1-8-3-2-4-10(12(8)14)13-17-16-11(18-13)7-15-9-5-6-9/h2-4,9,15H,5-7H2,1H3. The van der Waals surface area contributed by atoms with E-state index < -0.39 is 0 Å². The number of rotatable bonds is 4. The highest BCUT2D eigenvalue weighted by molar-refractivity contribution is 7.14. The molecule has 1 aliphatic rings. The van der Waals surface area contributed by atoms with E-state index in [1.807, 2.05) is 6.07 Å². The Labute approximate surface area is 109 Å². The number of aromatic nitrogens is 2. The normalized spacial score (nSPS) is 15.0. The molecule has 3 rings (SSSR count). The van der Waals surface area contributed by atoms with Crippen molar-refractivity contribution in [2.45, 2.75) is 32.4 Å². The second-order valence-electron chi connectivity index (χ2n) is 4.59. The van der Waals surface area contributed by atoms with Crippen molar-refractivity contribution in [2.24, 2.45) is 0 Å². The van der Waals surface area contributed by atoms with E-state index in [4.69, 9.17) is 0 Å². The Hall–Kier alpha value is -1.33. The van der Waals surface area contributed by atoms with Gasteiger partial charge in [-0.1, -0.05) is 23.5 Å². The van der Waals surface area contributed by atoms with E-state index in [1.54, 1.807) is 19.1 Å². The zero-order valence-electron chi connectivity index (χ0n) is 10.1. The molecule has 0 saturated heterocycles. The zero-order valence-corrected chi connectivity index (χ0v) is 10.9. The minimum Gasteiger partial charge on any atom is -0.308 e. The maximum atomic E-state index is 13.9. The number of hydrogen-bond donors (Lipinski definition) is 1. The van der Waals surface area contributed by atoms with Gasteiger partial charge in [0, 0.05) is 18.2 Å². The Morgan fingerprint density at radius 3 is 3.00 bits per heavy atom. The molecule has 0 bridgehead atoms. The molecule has 0 spiro atoms. The fourth-order valence-electron chi connectivity index (χ4n) is 1.77. The van der Waals surface area contributed by atoms with E-state index in [2.05, 4.69) is 15.5 Å². The Morgan fingerprint density at radius 2 is 2.22 bits per heavy atom. The molecule has 1 aromatic carbocycles. The van der Waals surface area contributed by atoms with E-state index in [0.29, 0.717) is 22.2 Å². The number of nitrogens with one attached hydrogen (secondary N) is 1. The van der Waals surface area contributed by atoms with Gasteiger partial charge in [-0.15, -0.1) is 10.2 Å². The van der Waals surface area contributed by atoms with Crippen molar-refractivity contribution >= 4 is 11.3 Å². The van der Waals surface area contributed by atoms with E-state index in [0.717, 1.165) is 11.6 Å². The highest BCUT2D eigenvalue weighted by Gasteiger charge is 2.21. The third-order valence-corrected chi connectivity index (χ3v) is 3.96. The van der Waals surface area contributed by atoms with Crippen molar-refractivity contribution in [3.63, 3.8) is 0 Å². The Morgan fingerprint density at radius 1 is 1.39 bits per heavy atom. The van der Waals surface area contributed by atoms with E-state index >= 15 is 0 Å². The minimum atomic E-state index is -0.199. The molecule has 1 aliphatic carbocycles. The number of hydrogen-bond acceptors (Lipinski definition) is 4. The van der Waals surface area contributed by atoms with Gasteiger partial charge in [0.25, 0.3) is 0 Å². The maximum Gasteiger partial charge on any atom is 0.150 e. The van der Waals surface area contributed by atoms with Gasteiger partial charge >= 0.3 is 0 Å². The molecule has 0 radical (unpaired) electrons. The third kappa shape index (κ3) is 2.42. The van der Waals surface area contributed by atoms with Gasteiger partial charge in [0.15, 0.2) is 5.01 Å². The number of benzene rings is 1. The smallest absolute Gasteiger partial charge is 0.150 e. The molecular formula is C13H14FN3S. The van der Waals surface area contributed by atoms with Crippen LogP contribution in [0.4, 0.5) is 4.39 Å². The van der Waals surface area contributed by atoms with Crippen LogP contribution in [0.1, 0.15) is 23.4 Å². The van der Waals surface area contributed by atoms with Crippen LogP contribution in [-0.4, -0.2) is 16.2 Å². The summed E-state index contributed by atoms with van der Waals surface area (Å²) in [6.07, 6.45) is 2.50. The summed E-state index contributed by atoms with van der Waals surface area (Å²) in [6.45, 7) is 2.49. The monoisotopic (exact) mass is 263 g/mol. The second-order valence-corrected chi connectivity index (χ2v) is 5.65. The largest absolute Gasteiger partial charge is 0.308 e. The van der Waals surface area contributed by atoms with Crippen molar-refractivity contribution in [3.05, 3.63) is 34.6 Å². The van der Waals surface area contributed by atoms with Crippen LogP contribution in [0.15, 0.2) is 18.2 Å². The number of nitrogens with zero attached hydrogens (tertiary/aromatic N) is 2. The maximum absolute atomic E-state index is 13.9. The van der Waals surface area contributed by atoms with Crippen LogP contribution in [0.25, 0.3) is 10.6 Å². The summed E-state index contributed by atoms with van der Waals surface area (Å²) < 4.78 is 13.9. The molecule has 0 atom stereocenters. The topological polar surface area (TPSA) is 37.8 Å². The summed E-state index contributed by atoms with van der Waals surface area (Å²) in [5.41, 5.74) is 1.19. The first-order valence-electron chi connectivity index (χ1n) is 6.05. The minimum absolute atomic E-state index is 0.199. The lowest BCUT2D eigenvalue weighted by Gasteiger charge is -2.00. The molecule has 1 N–H and O–H groups in total. The SMILES string of the molecule is Cc1cccc(-c2nnc(CNC3CC3)s2)c1F. The fraction of sp³-hybridized carbons (Fsp3) is 0.385. The van der Waals surface area contributed by atoms with Gasteiger partial charge in [0.1, 0.15) is 10.8 Å². The second kappa shape index (κ2) is 4.74. The lowest BCUT2D eigenvalue weighted by molar-refractivity contribution is 0.621. The molecule has 1 aromatic heterocycles. The van der Waals surface area contributed by atoms with Crippen molar-refractivity contribution < 1.29 is 4.39 Å². The summed E-state index contributed by atoms with van der Waals surface area (Å²) in [5.74, 6) is -0.199. The van der Waals surface area contributed by atoms with Crippen LogP contribution >= 0.6 is 11.3 Å². The van der Waals surface area contributed by atoms with Crippen LogP contribution in [0, 0.1) is 12.7 Å². The van der Waals surface area contributed by atoms with Crippen LogP contribution in [-0.2, 0) is 6.54 Å². The molecule has 1 saturated carbocycles. The highest BCUT2D eigenvalue weighted by atomic mass is 32.1.